The Labute approximate surface area is 137 Å². The smallest absolute Gasteiger partial charge is 0.115 e. The molecule has 0 saturated carbocycles. The van der Waals surface area contributed by atoms with Crippen LogP contribution in [-0.4, -0.2) is 20.4 Å². The second-order valence-electron chi connectivity index (χ2n) is 4.76. The van der Waals surface area contributed by atoms with E-state index in [1.807, 2.05) is 29.8 Å². The minimum atomic E-state index is 0.173. The third kappa shape index (κ3) is 2.80. The fourth-order valence-corrected chi connectivity index (χ4v) is 3.74. The van der Waals surface area contributed by atoms with Gasteiger partial charge in [0.05, 0.1) is 17.1 Å². The topological polar surface area (TPSA) is 30.7 Å². The lowest BCUT2D eigenvalue weighted by Gasteiger charge is -2.18. The number of alkyl halides is 1. The molecule has 0 aliphatic heterocycles. The number of aromatic nitrogens is 3. The molecule has 1 unspecified atom stereocenters. The zero-order valence-corrected chi connectivity index (χ0v) is 13.9. The lowest BCUT2D eigenvalue weighted by atomic mass is 10.2. The lowest BCUT2D eigenvalue weighted by molar-refractivity contribution is 0.555. The van der Waals surface area contributed by atoms with E-state index in [1.165, 1.54) is 0 Å². The van der Waals surface area contributed by atoms with Gasteiger partial charge in [-0.3, -0.25) is 0 Å². The van der Waals surface area contributed by atoms with E-state index in [9.17, 15) is 0 Å². The van der Waals surface area contributed by atoms with Crippen LogP contribution in [-0.2, 0) is 6.42 Å². The van der Waals surface area contributed by atoms with E-state index in [2.05, 4.69) is 16.5 Å². The molecule has 1 atom stereocenters. The molecule has 0 saturated heterocycles. The highest BCUT2D eigenvalue weighted by atomic mass is 35.5. The third-order valence-electron chi connectivity index (χ3n) is 3.48. The molecule has 21 heavy (non-hydrogen) atoms. The minimum Gasteiger partial charge on any atom is -0.318 e. The molecule has 0 fully saturated rings. The van der Waals surface area contributed by atoms with Gasteiger partial charge in [0.2, 0.25) is 0 Å². The Balaban J connectivity index is 2.22. The molecule has 6 heteroatoms. The lowest BCUT2D eigenvalue weighted by Crippen LogP contribution is -2.13. The molecule has 1 aromatic carbocycles. The van der Waals surface area contributed by atoms with Crippen LogP contribution >= 0.6 is 34.5 Å². The zero-order chi connectivity index (χ0) is 14.8. The van der Waals surface area contributed by atoms with E-state index in [-0.39, 0.29) is 6.04 Å². The van der Waals surface area contributed by atoms with Gasteiger partial charge in [-0.05, 0) is 24.6 Å². The number of fused-ring (bicyclic) bond motifs is 1. The summed E-state index contributed by atoms with van der Waals surface area (Å²) < 4.78 is 2.24. The molecule has 3 rings (SSSR count). The first kappa shape index (κ1) is 14.8. The SMILES string of the molecule is CCC(c1nccs1)n1c(CCCl)nc2ccc(Cl)cc21. The van der Waals surface area contributed by atoms with Gasteiger partial charge in [0.1, 0.15) is 10.8 Å². The van der Waals surface area contributed by atoms with Gasteiger partial charge in [-0.25, -0.2) is 9.97 Å². The van der Waals surface area contributed by atoms with Gasteiger partial charge < -0.3 is 4.57 Å². The van der Waals surface area contributed by atoms with Gasteiger partial charge in [-0.2, -0.15) is 0 Å². The number of hydrogen-bond acceptors (Lipinski definition) is 3. The standard InChI is InChI=1S/C15H15Cl2N3S/c1-2-12(15-18-7-8-21-15)20-13-9-10(17)3-4-11(13)19-14(20)5-6-16/h3-4,7-9,12H,2,5-6H2,1H3. The number of rotatable bonds is 5. The van der Waals surface area contributed by atoms with Crippen molar-refractivity contribution >= 4 is 45.6 Å². The van der Waals surface area contributed by atoms with E-state index in [1.54, 1.807) is 11.3 Å². The highest BCUT2D eigenvalue weighted by molar-refractivity contribution is 7.09. The van der Waals surface area contributed by atoms with Crippen molar-refractivity contribution in [2.45, 2.75) is 25.8 Å². The predicted molar refractivity (Wildman–Crippen MR) is 89.7 cm³/mol. The number of nitrogens with zero attached hydrogens (tertiary/aromatic N) is 3. The van der Waals surface area contributed by atoms with Crippen LogP contribution in [0.25, 0.3) is 11.0 Å². The largest absolute Gasteiger partial charge is 0.318 e. The Kier molecular flexibility index (Phi) is 4.48. The van der Waals surface area contributed by atoms with E-state index in [4.69, 9.17) is 28.2 Å². The Morgan fingerprint density at radius 3 is 2.90 bits per heavy atom. The van der Waals surface area contributed by atoms with Crippen LogP contribution in [0.2, 0.25) is 5.02 Å². The van der Waals surface area contributed by atoms with Crippen molar-refractivity contribution in [1.82, 2.24) is 14.5 Å². The van der Waals surface area contributed by atoms with Crippen molar-refractivity contribution < 1.29 is 0 Å². The number of hydrogen-bond donors (Lipinski definition) is 0. The first-order chi connectivity index (χ1) is 10.2. The van der Waals surface area contributed by atoms with Gasteiger partial charge in [0.25, 0.3) is 0 Å². The second kappa shape index (κ2) is 6.34. The predicted octanol–water partition coefficient (Wildman–Crippen LogP) is 4.93. The van der Waals surface area contributed by atoms with Crippen LogP contribution in [0.15, 0.2) is 29.8 Å². The fraction of sp³-hybridized carbons (Fsp3) is 0.333. The monoisotopic (exact) mass is 339 g/mol. The summed E-state index contributed by atoms with van der Waals surface area (Å²) in [5.74, 6) is 1.54. The van der Waals surface area contributed by atoms with Crippen LogP contribution in [0.5, 0.6) is 0 Å². The molecule has 0 aliphatic carbocycles. The van der Waals surface area contributed by atoms with Crippen molar-refractivity contribution in [2.75, 3.05) is 5.88 Å². The Morgan fingerprint density at radius 2 is 2.24 bits per heavy atom. The number of imidazole rings is 1. The Morgan fingerprint density at radius 1 is 1.38 bits per heavy atom. The van der Waals surface area contributed by atoms with Gasteiger partial charge in [-0.15, -0.1) is 22.9 Å². The van der Waals surface area contributed by atoms with Gasteiger partial charge in [-0.1, -0.05) is 18.5 Å². The van der Waals surface area contributed by atoms with Crippen molar-refractivity contribution in [3.05, 3.63) is 45.6 Å². The summed E-state index contributed by atoms with van der Waals surface area (Å²) in [6, 6.07) is 5.97. The maximum atomic E-state index is 6.17. The van der Waals surface area contributed by atoms with E-state index in [0.717, 1.165) is 39.7 Å². The van der Waals surface area contributed by atoms with Gasteiger partial charge in [0.15, 0.2) is 0 Å². The fourth-order valence-electron chi connectivity index (χ4n) is 2.59. The zero-order valence-electron chi connectivity index (χ0n) is 11.6. The minimum absolute atomic E-state index is 0.173. The molecule has 3 aromatic rings. The van der Waals surface area contributed by atoms with E-state index in [0.29, 0.717) is 5.88 Å². The highest BCUT2D eigenvalue weighted by Gasteiger charge is 2.21. The van der Waals surface area contributed by atoms with Crippen LogP contribution in [0.4, 0.5) is 0 Å². The summed E-state index contributed by atoms with van der Waals surface area (Å²) in [5.41, 5.74) is 2.00. The molecule has 0 radical (unpaired) electrons. The summed E-state index contributed by atoms with van der Waals surface area (Å²) in [5, 5.41) is 3.81. The van der Waals surface area contributed by atoms with Crippen LogP contribution in [0, 0.1) is 0 Å². The van der Waals surface area contributed by atoms with Crippen molar-refractivity contribution in [3.63, 3.8) is 0 Å². The summed E-state index contributed by atoms with van der Waals surface area (Å²) in [4.78, 5) is 9.20. The molecule has 0 bridgehead atoms. The molecule has 3 nitrogen and oxygen atoms in total. The van der Waals surface area contributed by atoms with E-state index >= 15 is 0 Å². The molecule has 0 N–H and O–H groups in total. The summed E-state index contributed by atoms with van der Waals surface area (Å²) >= 11 is 13.8. The maximum Gasteiger partial charge on any atom is 0.115 e. The molecule has 2 heterocycles. The summed E-state index contributed by atoms with van der Waals surface area (Å²) in [7, 11) is 0. The Hall–Kier alpha value is -1.10. The maximum absolute atomic E-state index is 6.17. The van der Waals surface area contributed by atoms with Crippen molar-refractivity contribution in [2.24, 2.45) is 0 Å². The highest BCUT2D eigenvalue weighted by Crippen LogP contribution is 2.31. The quantitative estimate of drug-likeness (QED) is 0.617. The molecule has 0 amide bonds. The van der Waals surface area contributed by atoms with E-state index < -0.39 is 0 Å². The number of halogens is 2. The van der Waals surface area contributed by atoms with Crippen LogP contribution in [0.3, 0.4) is 0 Å². The first-order valence-corrected chi connectivity index (χ1v) is 8.65. The molecule has 2 aromatic heterocycles. The summed E-state index contributed by atoms with van der Waals surface area (Å²) in [6.07, 6.45) is 3.52. The average molecular weight is 340 g/mol. The number of aryl methyl sites for hydroxylation is 1. The summed E-state index contributed by atoms with van der Waals surface area (Å²) in [6.45, 7) is 2.16. The van der Waals surface area contributed by atoms with Crippen molar-refractivity contribution in [3.8, 4) is 0 Å². The molecular weight excluding hydrogens is 325 g/mol. The normalized spacial score (nSPS) is 12.9. The Bertz CT molecular complexity index is 737. The molecule has 110 valence electrons. The number of thiazole rings is 1. The second-order valence-corrected chi connectivity index (χ2v) is 6.50. The average Bonchev–Trinajstić information content (AvgIpc) is 3.10. The molecular formula is C15H15Cl2N3S. The molecule has 0 spiro atoms. The third-order valence-corrected chi connectivity index (χ3v) is 4.78. The van der Waals surface area contributed by atoms with Crippen LogP contribution in [0.1, 0.15) is 30.2 Å². The van der Waals surface area contributed by atoms with Gasteiger partial charge in [0, 0.05) is 28.9 Å². The first-order valence-electron chi connectivity index (χ1n) is 6.86. The van der Waals surface area contributed by atoms with Crippen LogP contribution < -0.4 is 0 Å². The molecule has 0 aliphatic rings. The van der Waals surface area contributed by atoms with Gasteiger partial charge >= 0.3 is 0 Å². The van der Waals surface area contributed by atoms with Crippen molar-refractivity contribution in [1.29, 1.82) is 0 Å². The number of benzene rings is 1.